The quantitative estimate of drug-likeness (QED) is 0.627. The SMILES string of the molecule is CC(C)CCCCCCNc1ccc(C(=O)O)c(Cl)c1. The van der Waals surface area contributed by atoms with E-state index in [1.807, 2.05) is 0 Å². The third kappa shape index (κ3) is 6.29. The molecule has 3 nitrogen and oxygen atoms in total. The van der Waals surface area contributed by atoms with Crippen LogP contribution >= 0.6 is 11.6 Å². The van der Waals surface area contributed by atoms with Gasteiger partial charge < -0.3 is 10.4 Å². The van der Waals surface area contributed by atoms with Crippen LogP contribution in [0.25, 0.3) is 0 Å². The number of hydrogen-bond acceptors (Lipinski definition) is 2. The maximum Gasteiger partial charge on any atom is 0.337 e. The van der Waals surface area contributed by atoms with Crippen LogP contribution in [-0.2, 0) is 0 Å². The molecule has 0 aliphatic rings. The van der Waals surface area contributed by atoms with Gasteiger partial charge in [0.2, 0.25) is 0 Å². The molecule has 0 amide bonds. The summed E-state index contributed by atoms with van der Waals surface area (Å²) in [6.07, 6.45) is 6.23. The lowest BCUT2D eigenvalue weighted by Gasteiger charge is -2.08. The average Bonchev–Trinajstić information content (AvgIpc) is 2.37. The standard InChI is InChI=1S/C16H24ClNO2/c1-12(2)7-5-3-4-6-10-18-13-8-9-14(16(19)20)15(17)11-13/h8-9,11-12,18H,3-7,10H2,1-2H3,(H,19,20). The lowest BCUT2D eigenvalue weighted by molar-refractivity contribution is 0.0697. The summed E-state index contributed by atoms with van der Waals surface area (Å²) < 4.78 is 0. The Bertz CT molecular complexity index is 432. The summed E-state index contributed by atoms with van der Waals surface area (Å²) in [6.45, 7) is 5.41. The first kappa shape index (κ1) is 16.8. The van der Waals surface area contributed by atoms with E-state index in [1.54, 1.807) is 12.1 Å². The highest BCUT2D eigenvalue weighted by Gasteiger charge is 2.08. The highest BCUT2D eigenvalue weighted by Crippen LogP contribution is 2.21. The van der Waals surface area contributed by atoms with Crippen molar-refractivity contribution in [1.29, 1.82) is 0 Å². The van der Waals surface area contributed by atoms with Gasteiger partial charge in [-0.1, -0.05) is 51.1 Å². The molecule has 112 valence electrons. The topological polar surface area (TPSA) is 49.3 Å². The Balaban J connectivity index is 2.22. The van der Waals surface area contributed by atoms with Gasteiger partial charge in [0.05, 0.1) is 10.6 Å². The Morgan fingerprint density at radius 1 is 1.25 bits per heavy atom. The summed E-state index contributed by atoms with van der Waals surface area (Å²) in [6, 6.07) is 4.97. The number of carboxylic acids is 1. The van der Waals surface area contributed by atoms with E-state index in [4.69, 9.17) is 16.7 Å². The van der Waals surface area contributed by atoms with Crippen LogP contribution in [0.1, 0.15) is 56.3 Å². The molecule has 20 heavy (non-hydrogen) atoms. The van der Waals surface area contributed by atoms with Crippen LogP contribution in [0.2, 0.25) is 5.02 Å². The summed E-state index contributed by atoms with van der Waals surface area (Å²) in [7, 11) is 0. The van der Waals surface area contributed by atoms with E-state index >= 15 is 0 Å². The predicted molar refractivity (Wildman–Crippen MR) is 84.8 cm³/mol. The fourth-order valence-corrected chi connectivity index (χ4v) is 2.32. The van der Waals surface area contributed by atoms with Crippen LogP contribution in [-0.4, -0.2) is 17.6 Å². The van der Waals surface area contributed by atoms with Gasteiger partial charge in [-0.25, -0.2) is 4.79 Å². The maximum absolute atomic E-state index is 10.8. The molecule has 1 rings (SSSR count). The molecule has 1 aromatic rings. The van der Waals surface area contributed by atoms with E-state index in [0.717, 1.165) is 24.6 Å². The van der Waals surface area contributed by atoms with Crippen molar-refractivity contribution in [3.8, 4) is 0 Å². The monoisotopic (exact) mass is 297 g/mol. The number of benzene rings is 1. The molecular weight excluding hydrogens is 274 g/mol. The van der Waals surface area contributed by atoms with Crippen LogP contribution in [0, 0.1) is 5.92 Å². The van der Waals surface area contributed by atoms with Crippen molar-refractivity contribution in [2.75, 3.05) is 11.9 Å². The summed E-state index contributed by atoms with van der Waals surface area (Å²) >= 11 is 5.91. The summed E-state index contributed by atoms with van der Waals surface area (Å²) in [5.41, 5.74) is 1.02. The summed E-state index contributed by atoms with van der Waals surface area (Å²) in [5, 5.41) is 12.4. The molecule has 0 bridgehead atoms. The molecule has 0 spiro atoms. The van der Waals surface area contributed by atoms with Gasteiger partial charge in [0.1, 0.15) is 0 Å². The minimum atomic E-state index is -0.994. The number of carbonyl (C=O) groups is 1. The van der Waals surface area contributed by atoms with Crippen LogP contribution < -0.4 is 5.32 Å². The minimum Gasteiger partial charge on any atom is -0.478 e. The number of unbranched alkanes of at least 4 members (excludes halogenated alkanes) is 3. The molecule has 0 saturated carbocycles. The normalized spacial score (nSPS) is 10.8. The van der Waals surface area contributed by atoms with E-state index in [-0.39, 0.29) is 10.6 Å². The first-order chi connectivity index (χ1) is 9.50. The molecule has 0 heterocycles. The van der Waals surface area contributed by atoms with E-state index in [0.29, 0.717) is 0 Å². The number of aromatic carboxylic acids is 1. The zero-order valence-corrected chi connectivity index (χ0v) is 13.0. The fourth-order valence-electron chi connectivity index (χ4n) is 2.06. The number of carboxylic acid groups (broad SMARTS) is 1. The fraction of sp³-hybridized carbons (Fsp3) is 0.562. The molecule has 0 aliphatic heterocycles. The number of nitrogens with one attached hydrogen (secondary N) is 1. The Hall–Kier alpha value is -1.22. The lowest BCUT2D eigenvalue weighted by atomic mass is 10.0. The Kier molecular flexibility index (Phi) is 7.45. The van der Waals surface area contributed by atoms with Gasteiger partial charge in [0.15, 0.2) is 0 Å². The van der Waals surface area contributed by atoms with Crippen molar-refractivity contribution in [3.05, 3.63) is 28.8 Å². The van der Waals surface area contributed by atoms with E-state index in [2.05, 4.69) is 19.2 Å². The second-order valence-corrected chi connectivity index (χ2v) is 5.93. The number of halogens is 1. The zero-order valence-electron chi connectivity index (χ0n) is 12.3. The molecule has 0 aliphatic carbocycles. The molecule has 1 aromatic carbocycles. The van der Waals surface area contributed by atoms with E-state index in [9.17, 15) is 4.79 Å². The summed E-state index contributed by atoms with van der Waals surface area (Å²) in [5.74, 6) is -0.199. The van der Waals surface area contributed by atoms with Gasteiger partial charge in [0.25, 0.3) is 0 Å². The van der Waals surface area contributed by atoms with Gasteiger partial charge >= 0.3 is 5.97 Å². The molecule has 0 radical (unpaired) electrons. The molecule has 0 fully saturated rings. The summed E-state index contributed by atoms with van der Waals surface area (Å²) in [4.78, 5) is 10.8. The Morgan fingerprint density at radius 3 is 2.55 bits per heavy atom. The van der Waals surface area contributed by atoms with Crippen LogP contribution in [0.3, 0.4) is 0 Å². The molecule has 0 atom stereocenters. The molecular formula is C16H24ClNO2. The van der Waals surface area contributed by atoms with Crippen molar-refractivity contribution < 1.29 is 9.90 Å². The van der Waals surface area contributed by atoms with Crippen LogP contribution in [0.15, 0.2) is 18.2 Å². The van der Waals surface area contributed by atoms with Gasteiger partial charge in [-0.15, -0.1) is 0 Å². The molecule has 4 heteroatoms. The van der Waals surface area contributed by atoms with Gasteiger partial charge in [-0.3, -0.25) is 0 Å². The number of anilines is 1. The Morgan fingerprint density at radius 2 is 1.95 bits per heavy atom. The third-order valence-electron chi connectivity index (χ3n) is 3.24. The number of hydrogen-bond donors (Lipinski definition) is 2. The maximum atomic E-state index is 10.8. The van der Waals surface area contributed by atoms with Crippen molar-refractivity contribution >= 4 is 23.3 Å². The van der Waals surface area contributed by atoms with Crippen LogP contribution in [0.5, 0.6) is 0 Å². The van der Waals surface area contributed by atoms with E-state index < -0.39 is 5.97 Å². The average molecular weight is 298 g/mol. The van der Waals surface area contributed by atoms with E-state index in [1.165, 1.54) is 31.7 Å². The zero-order chi connectivity index (χ0) is 15.0. The third-order valence-corrected chi connectivity index (χ3v) is 3.55. The smallest absolute Gasteiger partial charge is 0.337 e. The highest BCUT2D eigenvalue weighted by molar-refractivity contribution is 6.33. The first-order valence-electron chi connectivity index (χ1n) is 7.27. The molecule has 0 unspecified atom stereocenters. The van der Waals surface area contributed by atoms with Crippen molar-refractivity contribution in [3.63, 3.8) is 0 Å². The lowest BCUT2D eigenvalue weighted by Crippen LogP contribution is -2.03. The Labute approximate surface area is 126 Å². The van der Waals surface area contributed by atoms with Crippen molar-refractivity contribution in [2.45, 2.75) is 46.0 Å². The van der Waals surface area contributed by atoms with Gasteiger partial charge in [0, 0.05) is 12.2 Å². The first-order valence-corrected chi connectivity index (χ1v) is 7.65. The van der Waals surface area contributed by atoms with Gasteiger partial charge in [-0.2, -0.15) is 0 Å². The second-order valence-electron chi connectivity index (χ2n) is 5.52. The molecule has 0 saturated heterocycles. The van der Waals surface area contributed by atoms with Crippen molar-refractivity contribution in [1.82, 2.24) is 0 Å². The van der Waals surface area contributed by atoms with Gasteiger partial charge in [-0.05, 0) is 30.5 Å². The minimum absolute atomic E-state index is 0.144. The second kappa shape index (κ2) is 8.85. The molecule has 2 N–H and O–H groups in total. The van der Waals surface area contributed by atoms with Crippen LogP contribution in [0.4, 0.5) is 5.69 Å². The predicted octanol–water partition coefficient (Wildman–Crippen LogP) is 5.06. The van der Waals surface area contributed by atoms with Crippen molar-refractivity contribution in [2.24, 2.45) is 5.92 Å². The molecule has 0 aromatic heterocycles. The largest absolute Gasteiger partial charge is 0.478 e. The highest BCUT2D eigenvalue weighted by atomic mass is 35.5. The number of rotatable bonds is 9.